The Morgan fingerprint density at radius 1 is 0.917 bits per heavy atom. The topological polar surface area (TPSA) is 0 Å². The van der Waals surface area contributed by atoms with Crippen molar-refractivity contribution in [1.82, 2.24) is 0 Å². The van der Waals surface area contributed by atoms with Gasteiger partial charge in [-0.25, -0.2) is 0 Å². The number of halogens is 2. The fourth-order valence-electron chi connectivity index (χ4n) is 4.48. The molecule has 0 aromatic rings. The molecular weight excluding hydrogens is 430 g/mol. The van der Waals surface area contributed by atoms with E-state index in [9.17, 15) is 0 Å². The van der Waals surface area contributed by atoms with Crippen LogP contribution < -0.4 is 0 Å². The molecule has 0 nitrogen and oxygen atoms in total. The summed E-state index contributed by atoms with van der Waals surface area (Å²) in [6.45, 7) is 13.6. The van der Waals surface area contributed by atoms with Crippen LogP contribution in [0.2, 0.25) is 0 Å². The van der Waals surface area contributed by atoms with Gasteiger partial charge in [-0.3, -0.25) is 0 Å². The molecule has 24 heavy (non-hydrogen) atoms. The molecule has 0 saturated carbocycles. The smallest absolute Gasteiger partial charge is 0.0882 e. The Hall–Kier alpha value is 0.640. The first-order valence-corrected chi connectivity index (χ1v) is 11.1. The van der Waals surface area contributed by atoms with E-state index < -0.39 is 9.52 Å². The Bertz CT molecular complexity index is 632. The molecule has 2 rings (SSSR count). The predicted octanol–water partition coefficient (Wildman–Crippen LogP) is 6.73. The Balaban J connectivity index is 0.00000288. The molecule has 0 aliphatic heterocycles. The largest absolute Gasteiger partial charge is 0.0885 e. The maximum atomic E-state index is 6.93. The first-order chi connectivity index (χ1) is 10.8. The maximum absolute atomic E-state index is 6.93. The van der Waals surface area contributed by atoms with Crippen molar-refractivity contribution in [3.05, 3.63) is 42.7 Å². The standard InChI is InChI=1S/C20H30Cl2Si.Zr/c1-7-9-20(10-8-2)15(6)18(14(5)19(20)22)23-17-12(3)11-16(21)13(17)4;/h7-11,23H2,1-6H3;. The van der Waals surface area contributed by atoms with E-state index in [1.807, 2.05) is 0 Å². The molecule has 0 N–H and O–H groups in total. The van der Waals surface area contributed by atoms with Gasteiger partial charge in [0.25, 0.3) is 0 Å². The molecule has 0 fully saturated rings. The third-order valence-electron chi connectivity index (χ3n) is 5.87. The summed E-state index contributed by atoms with van der Waals surface area (Å²) in [6.07, 6.45) is 5.67. The summed E-state index contributed by atoms with van der Waals surface area (Å²) < 4.78 is 0. The third kappa shape index (κ3) is 3.83. The van der Waals surface area contributed by atoms with Crippen molar-refractivity contribution in [2.75, 3.05) is 0 Å². The van der Waals surface area contributed by atoms with Crippen LogP contribution in [0.5, 0.6) is 0 Å². The molecule has 0 atom stereocenters. The van der Waals surface area contributed by atoms with Gasteiger partial charge in [0, 0.05) is 48.1 Å². The van der Waals surface area contributed by atoms with Gasteiger partial charge in [-0.15, -0.1) is 0 Å². The first kappa shape index (κ1) is 22.7. The molecule has 4 heteroatoms. The van der Waals surface area contributed by atoms with E-state index in [0.29, 0.717) is 0 Å². The molecule has 2 aliphatic rings. The van der Waals surface area contributed by atoms with Crippen molar-refractivity contribution in [2.45, 2.75) is 73.6 Å². The fourth-order valence-corrected chi connectivity index (χ4v) is 7.77. The summed E-state index contributed by atoms with van der Waals surface area (Å²) in [5.41, 5.74) is 5.86. The van der Waals surface area contributed by atoms with Gasteiger partial charge in [-0.2, -0.15) is 0 Å². The monoisotopic (exact) mass is 458 g/mol. The van der Waals surface area contributed by atoms with E-state index in [0.717, 1.165) is 16.5 Å². The summed E-state index contributed by atoms with van der Waals surface area (Å²) in [4.78, 5) is 0. The Labute approximate surface area is 179 Å². The molecule has 132 valence electrons. The van der Waals surface area contributed by atoms with Gasteiger partial charge >= 0.3 is 0 Å². The van der Waals surface area contributed by atoms with E-state index in [1.54, 1.807) is 16.0 Å². The summed E-state index contributed by atoms with van der Waals surface area (Å²) in [5.74, 6) is 0. The minimum Gasteiger partial charge on any atom is -0.0885 e. The van der Waals surface area contributed by atoms with Gasteiger partial charge in [0.2, 0.25) is 0 Å². The van der Waals surface area contributed by atoms with E-state index in [-0.39, 0.29) is 31.6 Å². The van der Waals surface area contributed by atoms with E-state index >= 15 is 0 Å². The van der Waals surface area contributed by atoms with Gasteiger partial charge in [-0.05, 0) is 51.7 Å². The van der Waals surface area contributed by atoms with Crippen LogP contribution in [0.3, 0.4) is 0 Å². The van der Waals surface area contributed by atoms with Crippen molar-refractivity contribution in [2.24, 2.45) is 5.41 Å². The molecule has 0 bridgehead atoms. The number of allylic oxidation sites excluding steroid dienone is 8. The second kappa shape index (κ2) is 9.03. The van der Waals surface area contributed by atoms with Crippen LogP contribution in [0, 0.1) is 5.41 Å². The van der Waals surface area contributed by atoms with Gasteiger partial charge < -0.3 is 0 Å². The van der Waals surface area contributed by atoms with Crippen LogP contribution in [0.15, 0.2) is 42.7 Å². The SMILES string of the molecule is CCCC1(CCC)C(C)=C([SiH2]C2=C(C)CC(Cl)=C2C)C(C)=C1Cl.[Zr]. The van der Waals surface area contributed by atoms with Crippen molar-refractivity contribution >= 4 is 32.7 Å². The van der Waals surface area contributed by atoms with Crippen LogP contribution in [0.4, 0.5) is 0 Å². The molecule has 0 heterocycles. The van der Waals surface area contributed by atoms with E-state index in [4.69, 9.17) is 23.2 Å². The molecule has 0 saturated heterocycles. The number of hydrogen-bond donors (Lipinski definition) is 0. The molecule has 0 aromatic heterocycles. The predicted molar refractivity (Wildman–Crippen MR) is 108 cm³/mol. The van der Waals surface area contributed by atoms with Crippen LogP contribution in [-0.4, -0.2) is 9.52 Å². The Kier molecular flexibility index (Phi) is 8.53. The number of rotatable bonds is 6. The zero-order valence-electron chi connectivity index (χ0n) is 16.0. The van der Waals surface area contributed by atoms with Crippen molar-refractivity contribution < 1.29 is 26.2 Å². The fraction of sp³-hybridized carbons (Fsp3) is 0.600. The van der Waals surface area contributed by atoms with Crippen LogP contribution in [0.1, 0.15) is 73.6 Å². The summed E-state index contributed by atoms with van der Waals surface area (Å²) in [7, 11) is -0.517. The molecule has 0 amide bonds. The van der Waals surface area contributed by atoms with Crippen LogP contribution >= 0.6 is 23.2 Å². The van der Waals surface area contributed by atoms with Gasteiger partial charge in [0.1, 0.15) is 0 Å². The summed E-state index contributed by atoms with van der Waals surface area (Å²) in [5, 5.41) is 5.33. The van der Waals surface area contributed by atoms with Crippen LogP contribution in [0.25, 0.3) is 0 Å². The second-order valence-electron chi connectivity index (χ2n) is 7.27. The van der Waals surface area contributed by atoms with Gasteiger partial charge in [0.15, 0.2) is 0 Å². The molecule has 0 unspecified atom stereocenters. The van der Waals surface area contributed by atoms with E-state index in [2.05, 4.69) is 41.5 Å². The third-order valence-corrected chi connectivity index (χ3v) is 9.84. The molecule has 0 aromatic carbocycles. The minimum absolute atomic E-state index is 0. The summed E-state index contributed by atoms with van der Waals surface area (Å²) in [6, 6.07) is 0. The zero-order valence-corrected chi connectivity index (χ0v) is 21.4. The van der Waals surface area contributed by atoms with Crippen molar-refractivity contribution in [1.29, 1.82) is 0 Å². The normalized spacial score (nSPS) is 21.0. The average Bonchev–Trinajstić information content (AvgIpc) is 2.83. The number of hydrogen-bond acceptors (Lipinski definition) is 0. The van der Waals surface area contributed by atoms with E-state index in [1.165, 1.54) is 42.4 Å². The molecular formula is C20H30Cl2SiZr. The Morgan fingerprint density at radius 3 is 1.88 bits per heavy atom. The van der Waals surface area contributed by atoms with Gasteiger partial charge in [0.05, 0.1) is 9.52 Å². The minimum atomic E-state index is -0.517. The van der Waals surface area contributed by atoms with Crippen molar-refractivity contribution in [3.8, 4) is 0 Å². The average molecular weight is 461 g/mol. The summed E-state index contributed by atoms with van der Waals surface area (Å²) >= 11 is 13.3. The second-order valence-corrected chi connectivity index (χ2v) is 9.87. The first-order valence-electron chi connectivity index (χ1n) is 8.91. The zero-order chi connectivity index (χ0) is 17.4. The quantitative estimate of drug-likeness (QED) is 0.386. The van der Waals surface area contributed by atoms with Gasteiger partial charge in [-0.1, -0.05) is 71.4 Å². The maximum Gasteiger partial charge on any atom is 0.0882 e. The van der Waals surface area contributed by atoms with Crippen LogP contribution in [-0.2, 0) is 26.2 Å². The van der Waals surface area contributed by atoms with Crippen molar-refractivity contribution in [3.63, 3.8) is 0 Å². The molecule has 0 radical (unpaired) electrons. The molecule has 0 spiro atoms. The molecule has 2 aliphatic carbocycles. The Morgan fingerprint density at radius 2 is 1.46 bits per heavy atom.